The van der Waals surface area contributed by atoms with Gasteiger partial charge in [-0.25, -0.2) is 13.2 Å². The molecule has 0 aromatic heterocycles. The van der Waals surface area contributed by atoms with Crippen LogP contribution in [0.5, 0.6) is 0 Å². The lowest BCUT2D eigenvalue weighted by molar-refractivity contribution is -0.141. The van der Waals surface area contributed by atoms with Crippen LogP contribution in [-0.2, 0) is 16.1 Å². The third-order valence-corrected chi connectivity index (χ3v) is 2.51. The first-order valence-electron chi connectivity index (χ1n) is 6.37. The molecule has 0 aliphatic heterocycles. The number of hydroxylamine groups is 1. The van der Waals surface area contributed by atoms with E-state index in [0.717, 1.165) is 6.07 Å². The highest BCUT2D eigenvalue weighted by Crippen LogP contribution is 2.17. The molecule has 0 aliphatic carbocycles. The van der Waals surface area contributed by atoms with Gasteiger partial charge in [-0.1, -0.05) is 0 Å². The first kappa shape index (κ1) is 17.5. The van der Waals surface area contributed by atoms with E-state index in [0.29, 0.717) is 6.07 Å². The van der Waals surface area contributed by atoms with Gasteiger partial charge in [0, 0.05) is 12.1 Å². The van der Waals surface area contributed by atoms with Gasteiger partial charge in [0.2, 0.25) is 0 Å². The standard InChI is InChI=1S/C14H18F3NO3/c1-14(2,3)21-18-9(6-13(19)20)4-8-5-11(16)12(17)7-10(8)15/h5,7,9,18H,4,6H2,1-3H3,(H,19,20)/t9-/m1/s1. The summed E-state index contributed by atoms with van der Waals surface area (Å²) in [4.78, 5) is 16.1. The maximum absolute atomic E-state index is 13.6. The van der Waals surface area contributed by atoms with Gasteiger partial charge in [0.05, 0.1) is 12.0 Å². The zero-order valence-corrected chi connectivity index (χ0v) is 12.0. The lowest BCUT2D eigenvalue weighted by Gasteiger charge is -2.24. The lowest BCUT2D eigenvalue weighted by Crippen LogP contribution is -2.39. The van der Waals surface area contributed by atoms with Crippen molar-refractivity contribution in [2.24, 2.45) is 0 Å². The number of benzene rings is 1. The summed E-state index contributed by atoms with van der Waals surface area (Å²) in [5.41, 5.74) is 1.84. The van der Waals surface area contributed by atoms with Crippen molar-refractivity contribution in [3.63, 3.8) is 0 Å². The van der Waals surface area contributed by atoms with Crippen LogP contribution in [0.2, 0.25) is 0 Å². The van der Waals surface area contributed by atoms with Gasteiger partial charge >= 0.3 is 5.97 Å². The molecule has 2 N–H and O–H groups in total. The molecule has 118 valence electrons. The zero-order chi connectivity index (χ0) is 16.2. The van der Waals surface area contributed by atoms with E-state index < -0.39 is 35.1 Å². The fourth-order valence-electron chi connectivity index (χ4n) is 1.61. The van der Waals surface area contributed by atoms with E-state index in [1.165, 1.54) is 0 Å². The fraction of sp³-hybridized carbons (Fsp3) is 0.500. The van der Waals surface area contributed by atoms with Crippen LogP contribution in [0, 0.1) is 17.5 Å². The van der Waals surface area contributed by atoms with E-state index in [2.05, 4.69) is 5.48 Å². The Balaban J connectivity index is 2.85. The first-order valence-corrected chi connectivity index (χ1v) is 6.37. The molecular formula is C14H18F3NO3. The molecule has 7 heteroatoms. The van der Waals surface area contributed by atoms with Crippen LogP contribution in [0.1, 0.15) is 32.8 Å². The van der Waals surface area contributed by atoms with Gasteiger partial charge in [0.1, 0.15) is 5.82 Å². The molecule has 0 heterocycles. The van der Waals surface area contributed by atoms with Crippen molar-refractivity contribution >= 4 is 5.97 Å². The Hall–Kier alpha value is -1.60. The molecule has 1 atom stereocenters. The Labute approximate surface area is 120 Å². The minimum Gasteiger partial charge on any atom is -0.481 e. The summed E-state index contributed by atoms with van der Waals surface area (Å²) in [6.07, 6.45) is -0.500. The molecule has 1 aromatic carbocycles. The molecule has 0 bridgehead atoms. The van der Waals surface area contributed by atoms with Crippen molar-refractivity contribution in [1.82, 2.24) is 5.48 Å². The SMILES string of the molecule is CC(C)(C)ON[C@@H](CC(=O)O)Cc1cc(F)c(F)cc1F. The van der Waals surface area contributed by atoms with Gasteiger partial charge in [-0.3, -0.25) is 9.63 Å². The lowest BCUT2D eigenvalue weighted by atomic mass is 10.0. The Morgan fingerprint density at radius 1 is 1.24 bits per heavy atom. The molecule has 4 nitrogen and oxygen atoms in total. The first-order chi connectivity index (χ1) is 9.58. The van der Waals surface area contributed by atoms with E-state index >= 15 is 0 Å². The Morgan fingerprint density at radius 3 is 2.33 bits per heavy atom. The smallest absolute Gasteiger partial charge is 0.305 e. The summed E-state index contributed by atoms with van der Waals surface area (Å²) in [6, 6.07) is 0.381. The van der Waals surface area contributed by atoms with E-state index in [1.807, 2.05) is 0 Å². The molecule has 0 saturated heterocycles. The molecule has 0 saturated carbocycles. The van der Waals surface area contributed by atoms with Gasteiger partial charge in [0.15, 0.2) is 11.6 Å². The fourth-order valence-corrected chi connectivity index (χ4v) is 1.61. The molecule has 1 rings (SSSR count). The van der Waals surface area contributed by atoms with Crippen molar-refractivity contribution in [3.8, 4) is 0 Å². The predicted molar refractivity (Wildman–Crippen MR) is 70.0 cm³/mol. The van der Waals surface area contributed by atoms with E-state index in [9.17, 15) is 18.0 Å². The Kier molecular flexibility index (Phi) is 5.74. The van der Waals surface area contributed by atoms with Crippen LogP contribution >= 0.6 is 0 Å². The third-order valence-electron chi connectivity index (χ3n) is 2.51. The van der Waals surface area contributed by atoms with Gasteiger partial charge in [0.25, 0.3) is 0 Å². The van der Waals surface area contributed by atoms with Crippen LogP contribution < -0.4 is 5.48 Å². The summed E-state index contributed by atoms with van der Waals surface area (Å²) >= 11 is 0. The number of carboxylic acid groups (broad SMARTS) is 1. The Morgan fingerprint density at radius 2 is 1.81 bits per heavy atom. The minimum atomic E-state index is -1.29. The second-order valence-corrected chi connectivity index (χ2v) is 5.69. The monoisotopic (exact) mass is 305 g/mol. The molecule has 0 unspecified atom stereocenters. The second-order valence-electron chi connectivity index (χ2n) is 5.69. The number of carbonyl (C=O) groups is 1. The zero-order valence-electron chi connectivity index (χ0n) is 12.0. The van der Waals surface area contributed by atoms with Crippen LogP contribution in [0.15, 0.2) is 12.1 Å². The van der Waals surface area contributed by atoms with Crippen molar-refractivity contribution in [3.05, 3.63) is 35.1 Å². The van der Waals surface area contributed by atoms with Gasteiger partial charge in [-0.15, -0.1) is 0 Å². The molecule has 0 fully saturated rings. The van der Waals surface area contributed by atoms with E-state index in [1.54, 1.807) is 20.8 Å². The van der Waals surface area contributed by atoms with Crippen LogP contribution in [0.25, 0.3) is 0 Å². The number of hydrogen-bond donors (Lipinski definition) is 2. The normalized spacial score (nSPS) is 13.2. The second kappa shape index (κ2) is 6.91. The summed E-state index contributed by atoms with van der Waals surface area (Å²) in [7, 11) is 0. The molecule has 0 amide bonds. The van der Waals surface area contributed by atoms with Crippen LogP contribution in [0.4, 0.5) is 13.2 Å². The average molecular weight is 305 g/mol. The van der Waals surface area contributed by atoms with Crippen LogP contribution in [-0.4, -0.2) is 22.7 Å². The number of carboxylic acids is 1. The quantitative estimate of drug-likeness (QED) is 0.627. The van der Waals surface area contributed by atoms with Crippen molar-refractivity contribution in [2.75, 3.05) is 0 Å². The molecule has 0 spiro atoms. The van der Waals surface area contributed by atoms with Crippen molar-refractivity contribution in [1.29, 1.82) is 0 Å². The average Bonchev–Trinajstić information content (AvgIpc) is 2.31. The minimum absolute atomic E-state index is 0.120. The molecule has 21 heavy (non-hydrogen) atoms. The molecule has 0 aliphatic rings. The van der Waals surface area contributed by atoms with E-state index in [-0.39, 0.29) is 18.4 Å². The summed E-state index contributed by atoms with van der Waals surface area (Å²) < 4.78 is 39.6. The highest BCUT2D eigenvalue weighted by Gasteiger charge is 2.20. The molecule has 1 aromatic rings. The number of rotatable bonds is 6. The number of aliphatic carboxylic acids is 1. The van der Waals surface area contributed by atoms with Crippen molar-refractivity contribution < 1.29 is 27.9 Å². The Bertz CT molecular complexity index is 515. The highest BCUT2D eigenvalue weighted by molar-refractivity contribution is 5.67. The van der Waals surface area contributed by atoms with Crippen LogP contribution in [0.3, 0.4) is 0 Å². The van der Waals surface area contributed by atoms with Gasteiger partial charge in [-0.2, -0.15) is 5.48 Å². The summed E-state index contributed by atoms with van der Waals surface area (Å²) in [5, 5.41) is 8.84. The number of hydrogen-bond acceptors (Lipinski definition) is 3. The summed E-state index contributed by atoms with van der Waals surface area (Å²) in [6.45, 7) is 5.24. The van der Waals surface area contributed by atoms with E-state index in [4.69, 9.17) is 9.94 Å². The predicted octanol–water partition coefficient (Wildman–Crippen LogP) is 2.81. The maximum atomic E-state index is 13.6. The van der Waals surface area contributed by atoms with Crippen molar-refractivity contribution in [2.45, 2.75) is 45.3 Å². The number of nitrogens with one attached hydrogen (secondary N) is 1. The molecular weight excluding hydrogens is 287 g/mol. The maximum Gasteiger partial charge on any atom is 0.305 e. The number of halogens is 3. The largest absolute Gasteiger partial charge is 0.481 e. The molecule has 0 radical (unpaired) electrons. The third kappa shape index (κ3) is 6.14. The highest BCUT2D eigenvalue weighted by atomic mass is 19.2. The topological polar surface area (TPSA) is 58.6 Å². The summed E-state index contributed by atoms with van der Waals surface area (Å²) in [5.74, 6) is -4.52. The van der Waals surface area contributed by atoms with Gasteiger partial charge in [-0.05, 0) is 38.8 Å². The van der Waals surface area contributed by atoms with Gasteiger partial charge < -0.3 is 5.11 Å².